The molecule has 2 aromatic rings. The van der Waals surface area contributed by atoms with Gasteiger partial charge >= 0.3 is 5.97 Å². The highest BCUT2D eigenvalue weighted by Gasteiger charge is 2.38. The lowest BCUT2D eigenvalue weighted by atomic mass is 10.1. The van der Waals surface area contributed by atoms with Crippen molar-refractivity contribution < 1.29 is 14.0 Å². The molecular weight excluding hydrogens is 328 g/mol. The van der Waals surface area contributed by atoms with Gasteiger partial charge in [-0.25, -0.2) is 4.79 Å². The van der Waals surface area contributed by atoms with Gasteiger partial charge in [-0.1, -0.05) is 72.8 Å². The molecule has 0 aliphatic rings. The number of esters is 1. The monoisotopic (exact) mass is 352 g/mol. The van der Waals surface area contributed by atoms with E-state index in [9.17, 15) is 4.79 Å². The lowest BCUT2D eigenvalue weighted by Crippen LogP contribution is -2.59. The molecule has 0 saturated carbocycles. The molecule has 0 atom stereocenters. The van der Waals surface area contributed by atoms with Crippen molar-refractivity contribution in [3.05, 3.63) is 84.1 Å². The van der Waals surface area contributed by atoms with Crippen LogP contribution in [0.4, 0.5) is 0 Å². The molecule has 0 spiro atoms. The number of carbonyl (C=O) groups excluding carboxylic acids is 1. The summed E-state index contributed by atoms with van der Waals surface area (Å²) in [5.74, 6) is -0.344. The second-order valence-corrected chi connectivity index (χ2v) is 9.29. The Balaban J connectivity index is 2.71. The van der Waals surface area contributed by atoms with Crippen LogP contribution in [0.2, 0.25) is 0 Å². The van der Waals surface area contributed by atoms with Gasteiger partial charge in [0.2, 0.25) is 0 Å². The Kier molecular flexibility index (Phi) is 6.50. The molecule has 3 nitrogen and oxygen atoms in total. The molecule has 0 amide bonds. The lowest BCUT2D eigenvalue weighted by molar-refractivity contribution is -0.136. The SMILES string of the molecule is C=C(C)C/C(=C\[Si](OC)(c1ccccc1)c1ccccc1)C(=O)OC. The summed E-state index contributed by atoms with van der Waals surface area (Å²) in [7, 11) is 0.371. The first-order chi connectivity index (χ1) is 12.0. The first-order valence-corrected chi connectivity index (χ1v) is 10.1. The summed E-state index contributed by atoms with van der Waals surface area (Å²) in [4.78, 5) is 12.3. The fraction of sp³-hybridized carbons (Fsp3) is 0.190. The molecule has 0 heterocycles. The van der Waals surface area contributed by atoms with Crippen LogP contribution in [0.1, 0.15) is 13.3 Å². The van der Waals surface area contributed by atoms with E-state index < -0.39 is 8.32 Å². The Morgan fingerprint density at radius 3 is 1.84 bits per heavy atom. The number of hydrogen-bond donors (Lipinski definition) is 0. The molecule has 0 aromatic heterocycles. The minimum atomic E-state index is -2.73. The van der Waals surface area contributed by atoms with Crippen molar-refractivity contribution in [1.29, 1.82) is 0 Å². The van der Waals surface area contributed by atoms with E-state index in [0.717, 1.165) is 15.9 Å². The maximum absolute atomic E-state index is 12.3. The Hall–Kier alpha value is -2.43. The van der Waals surface area contributed by atoms with Crippen LogP contribution in [-0.2, 0) is 14.0 Å². The van der Waals surface area contributed by atoms with Crippen LogP contribution < -0.4 is 10.4 Å². The van der Waals surface area contributed by atoms with Gasteiger partial charge in [-0.05, 0) is 29.4 Å². The zero-order valence-corrected chi connectivity index (χ0v) is 16.0. The smallest absolute Gasteiger partial charge is 0.333 e. The fourth-order valence-corrected chi connectivity index (χ4v) is 6.23. The minimum absolute atomic E-state index is 0.344. The summed E-state index contributed by atoms with van der Waals surface area (Å²) < 4.78 is 11.1. The number of allylic oxidation sites excluding steroid dienone is 1. The highest BCUT2D eigenvalue weighted by Crippen LogP contribution is 2.17. The van der Waals surface area contributed by atoms with Crippen molar-refractivity contribution in [3.63, 3.8) is 0 Å². The average Bonchev–Trinajstić information content (AvgIpc) is 2.65. The normalized spacial score (nSPS) is 11.9. The van der Waals surface area contributed by atoms with E-state index in [1.54, 1.807) is 7.11 Å². The molecule has 0 aliphatic carbocycles. The Morgan fingerprint density at radius 2 is 1.48 bits per heavy atom. The average molecular weight is 353 g/mol. The fourth-order valence-electron chi connectivity index (χ4n) is 2.88. The summed E-state index contributed by atoms with van der Waals surface area (Å²) in [6.45, 7) is 5.84. The van der Waals surface area contributed by atoms with Crippen LogP contribution >= 0.6 is 0 Å². The van der Waals surface area contributed by atoms with Crippen molar-refractivity contribution in [2.45, 2.75) is 13.3 Å². The van der Waals surface area contributed by atoms with Crippen molar-refractivity contribution in [2.75, 3.05) is 14.2 Å². The molecule has 0 saturated heterocycles. The van der Waals surface area contributed by atoms with Crippen molar-refractivity contribution in [3.8, 4) is 0 Å². The Morgan fingerprint density at radius 1 is 1.00 bits per heavy atom. The second-order valence-electron chi connectivity index (χ2n) is 5.97. The summed E-state index contributed by atoms with van der Waals surface area (Å²) in [5.41, 5.74) is 3.46. The zero-order valence-electron chi connectivity index (χ0n) is 15.0. The number of methoxy groups -OCH3 is 1. The molecule has 0 N–H and O–H groups in total. The molecule has 0 fully saturated rings. The molecule has 2 aromatic carbocycles. The quantitative estimate of drug-likeness (QED) is 0.333. The second kappa shape index (κ2) is 8.60. The van der Waals surface area contributed by atoms with E-state index >= 15 is 0 Å². The van der Waals surface area contributed by atoms with E-state index in [4.69, 9.17) is 9.16 Å². The molecular formula is C21H24O3Si. The number of hydrogen-bond acceptors (Lipinski definition) is 3. The number of benzene rings is 2. The number of ether oxygens (including phenoxy) is 1. The van der Waals surface area contributed by atoms with E-state index in [2.05, 4.69) is 30.8 Å². The van der Waals surface area contributed by atoms with Gasteiger partial charge in [0, 0.05) is 12.7 Å². The predicted molar refractivity (Wildman–Crippen MR) is 104 cm³/mol. The topological polar surface area (TPSA) is 35.5 Å². The maximum atomic E-state index is 12.3. The first kappa shape index (κ1) is 18.9. The van der Waals surface area contributed by atoms with Gasteiger partial charge in [0.1, 0.15) is 0 Å². The van der Waals surface area contributed by atoms with Crippen LogP contribution in [0, 0.1) is 0 Å². The summed E-state index contributed by atoms with van der Waals surface area (Å²) in [6, 6.07) is 20.1. The molecule has 0 unspecified atom stereocenters. The van der Waals surface area contributed by atoms with Crippen LogP contribution in [0.5, 0.6) is 0 Å². The van der Waals surface area contributed by atoms with Gasteiger partial charge in [0.25, 0.3) is 8.32 Å². The largest absolute Gasteiger partial charge is 0.466 e. The molecule has 2 rings (SSSR count). The molecule has 4 heteroatoms. The maximum Gasteiger partial charge on any atom is 0.333 e. The van der Waals surface area contributed by atoms with Crippen LogP contribution in [0.25, 0.3) is 0 Å². The molecule has 130 valence electrons. The summed E-state index contributed by atoms with van der Waals surface area (Å²) in [5, 5.41) is 2.15. The standard InChI is InChI=1S/C21H24O3Si/c1-17(2)15-18(21(22)23-3)16-25(24-4,19-11-7-5-8-12-19)20-13-9-6-10-14-20/h5-14,16H,1,15H2,2-4H3/b18-16+. The molecule has 0 radical (unpaired) electrons. The van der Waals surface area contributed by atoms with E-state index in [0.29, 0.717) is 12.0 Å². The Bertz CT molecular complexity index is 712. The van der Waals surface area contributed by atoms with Crippen molar-refractivity contribution in [2.24, 2.45) is 0 Å². The third-order valence-electron chi connectivity index (χ3n) is 4.04. The van der Waals surface area contributed by atoms with Gasteiger partial charge in [0.15, 0.2) is 0 Å². The van der Waals surface area contributed by atoms with E-state index in [1.165, 1.54) is 7.11 Å². The third-order valence-corrected chi connectivity index (χ3v) is 7.83. The Labute approximate surface area is 150 Å². The zero-order chi connectivity index (χ0) is 18.3. The third kappa shape index (κ3) is 4.35. The highest BCUT2D eigenvalue weighted by molar-refractivity contribution is 7.01. The van der Waals surface area contributed by atoms with Gasteiger partial charge in [-0.3, -0.25) is 0 Å². The van der Waals surface area contributed by atoms with E-state index in [-0.39, 0.29) is 5.97 Å². The van der Waals surface area contributed by atoms with Gasteiger partial charge in [-0.2, -0.15) is 0 Å². The molecule has 25 heavy (non-hydrogen) atoms. The predicted octanol–water partition coefficient (Wildman–Crippen LogP) is 3.00. The van der Waals surface area contributed by atoms with E-state index in [1.807, 2.05) is 49.0 Å². The number of carbonyl (C=O) groups is 1. The first-order valence-electron chi connectivity index (χ1n) is 8.14. The summed E-state index contributed by atoms with van der Waals surface area (Å²) >= 11 is 0. The number of rotatable bonds is 7. The van der Waals surface area contributed by atoms with Crippen LogP contribution in [0.15, 0.2) is 84.1 Å². The molecule has 0 aliphatic heterocycles. The highest BCUT2D eigenvalue weighted by atomic mass is 28.4. The van der Waals surface area contributed by atoms with Crippen LogP contribution in [-0.4, -0.2) is 28.5 Å². The minimum Gasteiger partial charge on any atom is -0.466 e. The molecule has 0 bridgehead atoms. The summed E-state index contributed by atoms with van der Waals surface area (Å²) in [6.07, 6.45) is 0.463. The lowest BCUT2D eigenvalue weighted by Gasteiger charge is -2.28. The van der Waals surface area contributed by atoms with Crippen LogP contribution in [0.3, 0.4) is 0 Å². The van der Waals surface area contributed by atoms with Crippen molar-refractivity contribution >= 4 is 24.7 Å². The van der Waals surface area contributed by atoms with Gasteiger partial charge < -0.3 is 9.16 Å². The van der Waals surface area contributed by atoms with Gasteiger partial charge in [0.05, 0.1) is 7.11 Å². The van der Waals surface area contributed by atoms with Crippen molar-refractivity contribution in [1.82, 2.24) is 0 Å². The van der Waals surface area contributed by atoms with Gasteiger partial charge in [-0.15, -0.1) is 0 Å².